The molecule has 2 aromatic carbocycles. The molecular weight excluding hydrogens is 524 g/mol. The lowest BCUT2D eigenvalue weighted by atomic mass is 10.0. The first kappa shape index (κ1) is 30.4. The van der Waals surface area contributed by atoms with E-state index in [1.807, 2.05) is 0 Å². The molecule has 1 fully saturated rings. The zero-order valence-electron chi connectivity index (χ0n) is 22.6. The second-order valence-electron chi connectivity index (χ2n) is 12.1. The van der Waals surface area contributed by atoms with Crippen LogP contribution in [0.1, 0.15) is 78.9 Å². The Labute approximate surface area is 220 Å². The van der Waals surface area contributed by atoms with Crippen LogP contribution in [-0.2, 0) is 12.4 Å². The molecule has 0 saturated heterocycles. The third-order valence-electron chi connectivity index (χ3n) is 7.28. The van der Waals surface area contributed by atoms with Crippen LogP contribution in [0, 0.1) is 5.92 Å². The molecule has 0 radical (unpaired) electrons. The van der Waals surface area contributed by atoms with Crippen molar-refractivity contribution in [1.29, 1.82) is 0 Å². The van der Waals surface area contributed by atoms with Gasteiger partial charge in [-0.3, -0.25) is 0 Å². The SMILES string of the molecule is CC(C1CCC[C@@H]1P(c1ccc(C(F)(F)F)cc1)c1ccc(C(F)(F)F)cc1)P(C(C)(C)C)C(C)(C)C. The number of halogens is 6. The van der Waals surface area contributed by atoms with Crippen LogP contribution < -0.4 is 10.6 Å². The molecule has 0 bridgehead atoms. The molecule has 1 saturated carbocycles. The van der Waals surface area contributed by atoms with Gasteiger partial charge in [-0.05, 0) is 83.2 Å². The average Bonchev–Trinajstić information content (AvgIpc) is 3.21. The third-order valence-corrected chi connectivity index (χ3v) is 14.4. The summed E-state index contributed by atoms with van der Waals surface area (Å²) < 4.78 is 79.7. The Morgan fingerprint density at radius 2 is 1.03 bits per heavy atom. The van der Waals surface area contributed by atoms with Gasteiger partial charge in [-0.15, -0.1) is 0 Å². The second kappa shape index (κ2) is 10.8. The molecule has 0 nitrogen and oxygen atoms in total. The number of rotatable bonds is 5. The molecular formula is C29H38F6P2. The maximum atomic E-state index is 13.3. The first-order valence-corrected chi connectivity index (χ1v) is 15.6. The minimum atomic E-state index is -4.44. The van der Waals surface area contributed by atoms with E-state index in [2.05, 4.69) is 48.5 Å². The van der Waals surface area contributed by atoms with Crippen LogP contribution in [0.2, 0.25) is 0 Å². The van der Waals surface area contributed by atoms with Crippen molar-refractivity contribution in [3.05, 3.63) is 59.7 Å². The third kappa shape index (κ3) is 7.10. The van der Waals surface area contributed by atoms with Crippen molar-refractivity contribution in [2.24, 2.45) is 5.92 Å². The van der Waals surface area contributed by atoms with Gasteiger partial charge in [-0.2, -0.15) is 26.3 Å². The maximum Gasteiger partial charge on any atom is 0.416 e. The van der Waals surface area contributed by atoms with Crippen molar-refractivity contribution in [2.75, 3.05) is 0 Å². The fraction of sp³-hybridized carbons (Fsp3) is 0.586. The van der Waals surface area contributed by atoms with E-state index in [1.54, 1.807) is 24.3 Å². The summed E-state index contributed by atoms with van der Waals surface area (Å²) in [6.45, 7) is 16.1. The zero-order valence-corrected chi connectivity index (χ0v) is 24.4. The zero-order chi connectivity index (χ0) is 28.0. The Bertz CT molecular complexity index is 956. The summed E-state index contributed by atoms with van der Waals surface area (Å²) in [5.41, 5.74) is -0.803. The first-order valence-electron chi connectivity index (χ1n) is 12.7. The van der Waals surface area contributed by atoms with Gasteiger partial charge in [0.25, 0.3) is 0 Å². The van der Waals surface area contributed by atoms with Crippen molar-refractivity contribution >= 4 is 26.5 Å². The van der Waals surface area contributed by atoms with Crippen LogP contribution in [0.5, 0.6) is 0 Å². The minimum absolute atomic E-state index is 0.117. The Morgan fingerprint density at radius 1 is 0.649 bits per heavy atom. The van der Waals surface area contributed by atoms with E-state index in [0.29, 0.717) is 11.6 Å². The second-order valence-corrected chi connectivity index (χ2v) is 18.7. The van der Waals surface area contributed by atoms with E-state index in [9.17, 15) is 26.3 Å². The lowest BCUT2D eigenvalue weighted by molar-refractivity contribution is -0.138. The minimum Gasteiger partial charge on any atom is -0.166 e. The standard InChI is InChI=1S/C29H38F6P2/c1-19(37(26(2,3)4)27(5,6)7)24-9-8-10-25(24)36(22-15-11-20(12-16-22)28(30,31)32)23-17-13-21(14-18-23)29(33,34)35/h11-19,24-25H,8-10H2,1-7H3/t19?,24?,25-/m0/s1. The average molecular weight is 563 g/mol. The highest BCUT2D eigenvalue weighted by Gasteiger charge is 2.46. The van der Waals surface area contributed by atoms with E-state index in [1.165, 1.54) is 0 Å². The van der Waals surface area contributed by atoms with Crippen molar-refractivity contribution in [2.45, 2.75) is 102 Å². The van der Waals surface area contributed by atoms with Gasteiger partial charge in [-0.1, -0.05) is 87.1 Å². The molecule has 2 unspecified atom stereocenters. The lowest BCUT2D eigenvalue weighted by Crippen LogP contribution is -2.37. The topological polar surface area (TPSA) is 0 Å². The summed E-state index contributed by atoms with van der Waals surface area (Å²) in [5, 5.41) is 1.82. The highest BCUT2D eigenvalue weighted by Crippen LogP contribution is 2.67. The van der Waals surface area contributed by atoms with Gasteiger partial charge in [0.1, 0.15) is 0 Å². The van der Waals surface area contributed by atoms with Gasteiger partial charge in [0.05, 0.1) is 11.1 Å². The molecule has 8 heteroatoms. The number of benzene rings is 2. The number of hydrogen-bond donors (Lipinski definition) is 0. The predicted octanol–water partition coefficient (Wildman–Crippen LogP) is 9.79. The smallest absolute Gasteiger partial charge is 0.166 e. The Balaban J connectivity index is 2.09. The molecule has 37 heavy (non-hydrogen) atoms. The van der Waals surface area contributed by atoms with Crippen molar-refractivity contribution < 1.29 is 26.3 Å². The number of hydrogen-bond acceptors (Lipinski definition) is 0. The Morgan fingerprint density at radius 3 is 1.35 bits per heavy atom. The summed E-state index contributed by atoms with van der Waals surface area (Å²) in [7, 11) is -1.57. The molecule has 0 spiro atoms. The quantitative estimate of drug-likeness (QED) is 0.251. The van der Waals surface area contributed by atoms with Crippen LogP contribution in [0.4, 0.5) is 26.3 Å². The van der Waals surface area contributed by atoms with Crippen LogP contribution in [0.25, 0.3) is 0 Å². The summed E-state index contributed by atoms with van der Waals surface area (Å²) in [6, 6.07) is 10.6. The molecule has 0 amide bonds. The van der Waals surface area contributed by atoms with E-state index in [0.717, 1.165) is 54.1 Å². The normalized spacial score (nSPS) is 20.6. The fourth-order valence-corrected chi connectivity index (χ4v) is 15.0. The Hall–Kier alpha value is -1.12. The highest BCUT2D eigenvalue weighted by atomic mass is 31.1. The molecule has 3 rings (SSSR count). The molecule has 206 valence electrons. The van der Waals surface area contributed by atoms with Crippen LogP contribution in [0.15, 0.2) is 48.5 Å². The molecule has 1 aliphatic rings. The summed E-state index contributed by atoms with van der Waals surface area (Å²) in [5.74, 6) is 0.361. The fourth-order valence-electron chi connectivity index (χ4n) is 6.43. The van der Waals surface area contributed by atoms with Gasteiger partial charge in [0.2, 0.25) is 0 Å². The van der Waals surface area contributed by atoms with Gasteiger partial charge in [0.15, 0.2) is 0 Å². The summed E-state index contributed by atoms with van der Waals surface area (Å²) in [4.78, 5) is 0. The highest BCUT2D eigenvalue weighted by molar-refractivity contribution is 7.73. The summed E-state index contributed by atoms with van der Waals surface area (Å²) >= 11 is 0. The van der Waals surface area contributed by atoms with Crippen molar-refractivity contribution in [1.82, 2.24) is 0 Å². The largest absolute Gasteiger partial charge is 0.416 e. The first-order chi connectivity index (χ1) is 16.8. The van der Waals surface area contributed by atoms with E-state index in [4.69, 9.17) is 0 Å². The number of alkyl halides is 6. The van der Waals surface area contributed by atoms with Crippen LogP contribution in [-0.4, -0.2) is 21.6 Å². The monoisotopic (exact) mass is 562 g/mol. The molecule has 0 N–H and O–H groups in total. The summed E-state index contributed by atoms with van der Waals surface area (Å²) in [6.07, 6.45) is -5.88. The molecule has 0 aliphatic heterocycles. The van der Waals surface area contributed by atoms with E-state index >= 15 is 0 Å². The van der Waals surface area contributed by atoms with E-state index in [-0.39, 0.29) is 16.0 Å². The van der Waals surface area contributed by atoms with Crippen molar-refractivity contribution in [3.63, 3.8) is 0 Å². The maximum absolute atomic E-state index is 13.3. The lowest BCUT2D eigenvalue weighted by Gasteiger charge is -2.49. The molecule has 0 aromatic heterocycles. The van der Waals surface area contributed by atoms with Crippen molar-refractivity contribution in [3.8, 4) is 0 Å². The molecule has 3 atom stereocenters. The van der Waals surface area contributed by atoms with Crippen LogP contribution >= 0.6 is 15.8 Å². The molecule has 2 aromatic rings. The van der Waals surface area contributed by atoms with Crippen LogP contribution in [0.3, 0.4) is 0 Å². The molecule has 0 heterocycles. The van der Waals surface area contributed by atoms with Gasteiger partial charge >= 0.3 is 12.4 Å². The predicted molar refractivity (Wildman–Crippen MR) is 146 cm³/mol. The molecule has 1 aliphatic carbocycles. The van der Waals surface area contributed by atoms with E-state index < -0.39 is 39.3 Å². The Kier molecular flexibility index (Phi) is 8.88. The van der Waals surface area contributed by atoms with Gasteiger partial charge < -0.3 is 0 Å². The van der Waals surface area contributed by atoms with Gasteiger partial charge in [-0.25, -0.2) is 0 Å². The van der Waals surface area contributed by atoms with Gasteiger partial charge in [0, 0.05) is 0 Å².